The largest absolute Gasteiger partial charge is 0.493 e. The maximum absolute atomic E-state index is 5.95. The Morgan fingerprint density at radius 3 is 2.96 bits per heavy atom. The van der Waals surface area contributed by atoms with Gasteiger partial charge in [0.1, 0.15) is 6.61 Å². The summed E-state index contributed by atoms with van der Waals surface area (Å²) < 4.78 is 13.5. The Hall–Kier alpha value is -2.46. The number of aromatic nitrogens is 1. The molecule has 0 spiro atoms. The van der Waals surface area contributed by atoms with Gasteiger partial charge in [-0.15, -0.1) is 0 Å². The van der Waals surface area contributed by atoms with Crippen LogP contribution in [0.3, 0.4) is 0 Å². The average Bonchev–Trinajstić information content (AvgIpc) is 2.95. The highest BCUT2D eigenvalue weighted by molar-refractivity contribution is 5.83. The summed E-state index contributed by atoms with van der Waals surface area (Å²) in [7, 11) is 3.78. The monoisotopic (exact) mass is 322 g/mol. The Morgan fingerprint density at radius 1 is 1.21 bits per heavy atom. The minimum Gasteiger partial charge on any atom is -0.493 e. The summed E-state index contributed by atoms with van der Waals surface area (Å²) in [5.74, 6) is 1.71. The molecule has 0 amide bonds. The van der Waals surface area contributed by atoms with Crippen LogP contribution in [-0.4, -0.2) is 24.3 Å². The van der Waals surface area contributed by atoms with Crippen LogP contribution in [0.5, 0.6) is 11.5 Å². The fourth-order valence-corrected chi connectivity index (χ4v) is 3.51. The number of hydrogen-bond donors (Lipinski definition) is 1. The molecule has 1 N–H and O–H groups in total. The van der Waals surface area contributed by atoms with E-state index in [1.807, 2.05) is 12.1 Å². The van der Waals surface area contributed by atoms with Crippen molar-refractivity contribution < 1.29 is 9.47 Å². The molecule has 0 saturated carbocycles. The van der Waals surface area contributed by atoms with E-state index in [4.69, 9.17) is 9.47 Å². The third-order valence-electron chi connectivity index (χ3n) is 4.74. The highest BCUT2D eigenvalue weighted by atomic mass is 16.5. The second-order valence-corrected chi connectivity index (χ2v) is 6.32. The Labute approximate surface area is 142 Å². The first-order chi connectivity index (χ1) is 11.8. The third-order valence-corrected chi connectivity index (χ3v) is 4.74. The molecule has 4 heteroatoms. The van der Waals surface area contributed by atoms with Crippen molar-refractivity contribution in [1.29, 1.82) is 0 Å². The summed E-state index contributed by atoms with van der Waals surface area (Å²) in [6.45, 7) is 1.51. The first kappa shape index (κ1) is 15.1. The van der Waals surface area contributed by atoms with Gasteiger partial charge >= 0.3 is 0 Å². The quantitative estimate of drug-likeness (QED) is 0.801. The van der Waals surface area contributed by atoms with Gasteiger partial charge in [-0.1, -0.05) is 30.3 Å². The molecular formula is C20H22N2O2. The molecule has 24 heavy (non-hydrogen) atoms. The number of hydrogen-bond acceptors (Lipinski definition) is 3. The van der Waals surface area contributed by atoms with Crippen molar-refractivity contribution in [3.63, 3.8) is 0 Å². The number of rotatable bonds is 4. The molecule has 0 saturated heterocycles. The number of ether oxygens (including phenoxy) is 2. The van der Waals surface area contributed by atoms with Crippen molar-refractivity contribution in [3.05, 3.63) is 59.8 Å². The molecule has 1 aliphatic heterocycles. The predicted octanol–water partition coefficient (Wildman–Crippen LogP) is 3.28. The van der Waals surface area contributed by atoms with E-state index in [9.17, 15) is 0 Å². The molecule has 0 fully saturated rings. The lowest BCUT2D eigenvalue weighted by molar-refractivity contribution is 0.227. The second kappa shape index (κ2) is 6.21. The highest BCUT2D eigenvalue weighted by Gasteiger charge is 2.22. The summed E-state index contributed by atoms with van der Waals surface area (Å²) in [5, 5.41) is 4.95. The summed E-state index contributed by atoms with van der Waals surface area (Å²) in [6.07, 6.45) is 3.16. The number of benzene rings is 2. The van der Waals surface area contributed by atoms with E-state index in [0.717, 1.165) is 24.5 Å². The topological polar surface area (TPSA) is 35.4 Å². The van der Waals surface area contributed by atoms with Crippen molar-refractivity contribution in [1.82, 2.24) is 9.88 Å². The summed E-state index contributed by atoms with van der Waals surface area (Å²) in [5.41, 5.74) is 3.80. The molecule has 4 nitrogen and oxygen atoms in total. The van der Waals surface area contributed by atoms with Gasteiger partial charge in [-0.25, -0.2) is 0 Å². The minimum atomic E-state index is 0.309. The van der Waals surface area contributed by atoms with Crippen molar-refractivity contribution in [3.8, 4) is 11.5 Å². The minimum absolute atomic E-state index is 0.309. The number of methoxy groups -OCH3 is 1. The number of nitrogens with one attached hydrogen (secondary N) is 1. The molecule has 0 bridgehead atoms. The Kier molecular flexibility index (Phi) is 3.90. The molecule has 124 valence electrons. The summed E-state index contributed by atoms with van der Waals surface area (Å²) in [4.78, 5) is 0. The van der Waals surface area contributed by atoms with Gasteiger partial charge in [-0.05, 0) is 29.7 Å². The molecule has 1 aliphatic rings. The molecular weight excluding hydrogens is 300 g/mol. The van der Waals surface area contributed by atoms with Crippen molar-refractivity contribution in [2.75, 3.05) is 13.7 Å². The smallest absolute Gasteiger partial charge is 0.164 e. The van der Waals surface area contributed by atoms with Gasteiger partial charge in [0.15, 0.2) is 11.5 Å². The standard InChI is InChI=1S/C20H22N2O2/c1-22-12-15(17-7-3-4-8-18(17)22)11-21-16-10-14-6-5-9-19(23-2)20(14)24-13-16/h3-9,12,16,21H,10-11,13H2,1-2H3/t16-/m1/s1. The number of aryl methyl sites for hydroxylation is 1. The van der Waals surface area contributed by atoms with E-state index in [1.54, 1.807) is 7.11 Å². The first-order valence-corrected chi connectivity index (χ1v) is 8.31. The molecule has 0 aliphatic carbocycles. The number of nitrogens with zero attached hydrogens (tertiary/aromatic N) is 1. The molecule has 1 atom stereocenters. The molecule has 2 heterocycles. The molecule has 3 aromatic rings. The second-order valence-electron chi connectivity index (χ2n) is 6.32. The Morgan fingerprint density at radius 2 is 2.08 bits per heavy atom. The average molecular weight is 322 g/mol. The van der Waals surface area contributed by atoms with Crippen LogP contribution in [0.15, 0.2) is 48.7 Å². The van der Waals surface area contributed by atoms with Gasteiger partial charge in [0.2, 0.25) is 0 Å². The van der Waals surface area contributed by atoms with Gasteiger partial charge in [-0.3, -0.25) is 0 Å². The van der Waals surface area contributed by atoms with E-state index in [0.29, 0.717) is 12.6 Å². The fourth-order valence-electron chi connectivity index (χ4n) is 3.51. The van der Waals surface area contributed by atoms with E-state index in [-0.39, 0.29) is 0 Å². The first-order valence-electron chi connectivity index (χ1n) is 8.31. The molecule has 2 aromatic carbocycles. The fraction of sp³-hybridized carbons (Fsp3) is 0.300. The lowest BCUT2D eigenvalue weighted by atomic mass is 10.0. The normalized spacial score (nSPS) is 16.7. The van der Waals surface area contributed by atoms with Gasteiger partial charge in [0.25, 0.3) is 0 Å². The van der Waals surface area contributed by atoms with Crippen LogP contribution >= 0.6 is 0 Å². The zero-order chi connectivity index (χ0) is 16.5. The van der Waals surface area contributed by atoms with Crippen molar-refractivity contribution >= 4 is 10.9 Å². The maximum atomic E-state index is 5.95. The summed E-state index contributed by atoms with van der Waals surface area (Å²) >= 11 is 0. The zero-order valence-electron chi connectivity index (χ0n) is 14.1. The van der Waals surface area contributed by atoms with E-state index >= 15 is 0 Å². The lowest BCUT2D eigenvalue weighted by Crippen LogP contribution is -2.38. The predicted molar refractivity (Wildman–Crippen MR) is 95.7 cm³/mol. The zero-order valence-corrected chi connectivity index (χ0v) is 14.1. The van der Waals surface area contributed by atoms with Crippen LogP contribution < -0.4 is 14.8 Å². The van der Waals surface area contributed by atoms with Gasteiger partial charge in [-0.2, -0.15) is 0 Å². The van der Waals surface area contributed by atoms with Crippen LogP contribution in [0.2, 0.25) is 0 Å². The van der Waals surface area contributed by atoms with E-state index in [2.05, 4.69) is 53.5 Å². The molecule has 4 rings (SSSR count). The van der Waals surface area contributed by atoms with Crippen molar-refractivity contribution in [2.45, 2.75) is 19.0 Å². The van der Waals surface area contributed by atoms with Gasteiger partial charge in [0.05, 0.1) is 7.11 Å². The Balaban J connectivity index is 1.49. The lowest BCUT2D eigenvalue weighted by Gasteiger charge is -2.27. The van der Waals surface area contributed by atoms with Gasteiger partial charge < -0.3 is 19.4 Å². The molecule has 1 aromatic heterocycles. The number of para-hydroxylation sites is 2. The molecule has 0 unspecified atom stereocenters. The Bertz CT molecular complexity index is 869. The van der Waals surface area contributed by atoms with Crippen LogP contribution in [0.1, 0.15) is 11.1 Å². The van der Waals surface area contributed by atoms with Crippen LogP contribution in [0.25, 0.3) is 10.9 Å². The van der Waals surface area contributed by atoms with Crippen LogP contribution in [0, 0.1) is 0 Å². The SMILES string of the molecule is COc1cccc2c1OC[C@H](NCc1cn(C)c3ccccc13)C2. The van der Waals surface area contributed by atoms with E-state index < -0.39 is 0 Å². The van der Waals surface area contributed by atoms with E-state index in [1.165, 1.54) is 22.0 Å². The van der Waals surface area contributed by atoms with Crippen LogP contribution in [-0.2, 0) is 20.0 Å². The van der Waals surface area contributed by atoms with Crippen molar-refractivity contribution in [2.24, 2.45) is 7.05 Å². The van der Waals surface area contributed by atoms with Crippen LogP contribution in [0.4, 0.5) is 0 Å². The number of fused-ring (bicyclic) bond motifs is 2. The highest BCUT2D eigenvalue weighted by Crippen LogP contribution is 2.34. The summed E-state index contributed by atoms with van der Waals surface area (Å²) in [6, 6.07) is 14.9. The maximum Gasteiger partial charge on any atom is 0.164 e. The molecule has 0 radical (unpaired) electrons. The van der Waals surface area contributed by atoms with Gasteiger partial charge in [0, 0.05) is 36.7 Å². The third kappa shape index (κ3) is 2.63.